The van der Waals surface area contributed by atoms with Gasteiger partial charge in [-0.05, 0) is 32.9 Å². The van der Waals surface area contributed by atoms with E-state index in [-0.39, 0.29) is 5.97 Å². The zero-order chi connectivity index (χ0) is 12.9. The van der Waals surface area contributed by atoms with Crippen molar-refractivity contribution in [1.29, 1.82) is 0 Å². The molecule has 0 aliphatic rings. The summed E-state index contributed by atoms with van der Waals surface area (Å²) in [5.41, 5.74) is 6.77. The molecule has 2 N–H and O–H groups in total. The summed E-state index contributed by atoms with van der Waals surface area (Å²) < 4.78 is 5.19. The van der Waals surface area contributed by atoms with Crippen molar-refractivity contribution in [3.05, 3.63) is 24.0 Å². The number of nitrogens with zero attached hydrogens (tertiary/aromatic N) is 1. The molecule has 0 aliphatic heterocycles. The average molecular weight is 254 g/mol. The zero-order valence-corrected chi connectivity index (χ0v) is 11.2. The minimum absolute atomic E-state index is 0.202. The number of hydrogen-bond donors (Lipinski definition) is 1. The van der Waals surface area contributed by atoms with Crippen LogP contribution in [0.25, 0.3) is 0 Å². The molecule has 4 nitrogen and oxygen atoms in total. The van der Waals surface area contributed by atoms with E-state index in [9.17, 15) is 4.79 Å². The predicted molar refractivity (Wildman–Crippen MR) is 70.7 cm³/mol. The number of carbonyl (C=O) groups is 1. The lowest BCUT2D eigenvalue weighted by molar-refractivity contribution is -0.151. The third-order valence-corrected chi connectivity index (χ3v) is 2.67. The van der Waals surface area contributed by atoms with E-state index in [2.05, 4.69) is 4.98 Å². The maximum absolute atomic E-state index is 11.4. The van der Waals surface area contributed by atoms with Crippen LogP contribution >= 0.6 is 11.8 Å². The van der Waals surface area contributed by atoms with Gasteiger partial charge in [0, 0.05) is 17.6 Å². The Morgan fingerprint density at radius 1 is 1.53 bits per heavy atom. The summed E-state index contributed by atoms with van der Waals surface area (Å²) in [6.45, 7) is 5.57. The first-order valence-electron chi connectivity index (χ1n) is 5.37. The summed E-state index contributed by atoms with van der Waals surface area (Å²) in [7, 11) is 0. The van der Waals surface area contributed by atoms with Crippen molar-refractivity contribution in [1.82, 2.24) is 4.98 Å². The van der Waals surface area contributed by atoms with Gasteiger partial charge in [0.15, 0.2) is 0 Å². The fourth-order valence-corrected chi connectivity index (χ4v) is 1.88. The number of carbonyl (C=O) groups excluding carboxylic acids is 1. The number of rotatable bonds is 4. The van der Waals surface area contributed by atoms with Gasteiger partial charge in [-0.25, -0.2) is 0 Å². The number of anilines is 1. The number of pyridine rings is 1. The minimum atomic E-state index is -0.424. The van der Waals surface area contributed by atoms with Gasteiger partial charge in [-0.3, -0.25) is 9.78 Å². The van der Waals surface area contributed by atoms with Gasteiger partial charge in [0.05, 0.1) is 11.4 Å². The van der Waals surface area contributed by atoms with Gasteiger partial charge in [0.2, 0.25) is 0 Å². The summed E-state index contributed by atoms with van der Waals surface area (Å²) in [6.07, 6.45) is 1.67. The van der Waals surface area contributed by atoms with Crippen molar-refractivity contribution in [2.24, 2.45) is 0 Å². The SMILES string of the molecule is CC(C)(C)OC(=O)CSCc1cc(N)ccn1. The Balaban J connectivity index is 2.31. The third kappa shape index (κ3) is 6.16. The maximum Gasteiger partial charge on any atom is 0.316 e. The van der Waals surface area contributed by atoms with Gasteiger partial charge < -0.3 is 10.5 Å². The molecule has 94 valence electrons. The van der Waals surface area contributed by atoms with Crippen LogP contribution in [0.15, 0.2) is 18.3 Å². The molecule has 1 heterocycles. The van der Waals surface area contributed by atoms with Gasteiger partial charge in [-0.2, -0.15) is 0 Å². The Hall–Kier alpha value is -1.23. The topological polar surface area (TPSA) is 65.2 Å². The second kappa shape index (κ2) is 5.91. The monoisotopic (exact) mass is 254 g/mol. The van der Waals surface area contributed by atoms with E-state index in [1.54, 1.807) is 12.3 Å². The fourth-order valence-electron chi connectivity index (χ4n) is 1.19. The molecule has 0 radical (unpaired) electrons. The van der Waals surface area contributed by atoms with Crippen LogP contribution in [0.4, 0.5) is 5.69 Å². The normalized spacial score (nSPS) is 11.2. The molecule has 0 amide bonds. The standard InChI is InChI=1S/C12H18N2O2S/c1-12(2,3)16-11(15)8-17-7-10-6-9(13)4-5-14-10/h4-6H,7-8H2,1-3H3,(H2,13,14). The van der Waals surface area contributed by atoms with Crippen molar-refractivity contribution in [3.63, 3.8) is 0 Å². The van der Waals surface area contributed by atoms with E-state index in [1.807, 2.05) is 26.8 Å². The lowest BCUT2D eigenvalue weighted by Gasteiger charge is -2.19. The molecule has 0 unspecified atom stereocenters. The number of esters is 1. The van der Waals surface area contributed by atoms with Crippen LogP contribution in [0, 0.1) is 0 Å². The Bertz CT molecular complexity index is 388. The number of hydrogen-bond acceptors (Lipinski definition) is 5. The molecule has 0 spiro atoms. The van der Waals surface area contributed by atoms with Crippen molar-refractivity contribution in [2.75, 3.05) is 11.5 Å². The highest BCUT2D eigenvalue weighted by molar-refractivity contribution is 7.99. The molecule has 1 rings (SSSR count). The molecule has 0 fully saturated rings. The van der Waals surface area contributed by atoms with E-state index >= 15 is 0 Å². The van der Waals surface area contributed by atoms with Gasteiger partial charge in [-0.15, -0.1) is 11.8 Å². The Morgan fingerprint density at radius 2 is 2.24 bits per heavy atom. The van der Waals surface area contributed by atoms with Crippen LogP contribution < -0.4 is 5.73 Å². The van der Waals surface area contributed by atoms with Crippen molar-refractivity contribution < 1.29 is 9.53 Å². The number of nitrogens with two attached hydrogens (primary N) is 1. The third-order valence-electron chi connectivity index (χ3n) is 1.73. The highest BCUT2D eigenvalue weighted by Gasteiger charge is 2.15. The second-order valence-corrected chi connectivity index (χ2v) is 5.65. The van der Waals surface area contributed by atoms with Crippen LogP contribution in [-0.4, -0.2) is 22.3 Å². The van der Waals surface area contributed by atoms with E-state index in [0.717, 1.165) is 5.69 Å². The first-order valence-corrected chi connectivity index (χ1v) is 6.52. The molecular weight excluding hydrogens is 236 g/mol. The molecule has 0 aromatic carbocycles. The first kappa shape index (κ1) is 13.8. The van der Waals surface area contributed by atoms with Crippen molar-refractivity contribution >= 4 is 23.4 Å². The Kier molecular flexibility index (Phi) is 4.81. The lowest BCUT2D eigenvalue weighted by atomic mass is 10.2. The molecule has 0 saturated carbocycles. The highest BCUT2D eigenvalue weighted by atomic mass is 32.2. The van der Waals surface area contributed by atoms with Crippen LogP contribution in [-0.2, 0) is 15.3 Å². The first-order chi connectivity index (χ1) is 7.87. The summed E-state index contributed by atoms with van der Waals surface area (Å²) in [4.78, 5) is 15.6. The van der Waals surface area contributed by atoms with Gasteiger partial charge in [-0.1, -0.05) is 0 Å². The number of aromatic nitrogens is 1. The van der Waals surface area contributed by atoms with E-state index < -0.39 is 5.60 Å². The summed E-state index contributed by atoms with van der Waals surface area (Å²) in [5, 5.41) is 0. The van der Waals surface area contributed by atoms with E-state index in [1.165, 1.54) is 11.8 Å². The molecule has 1 aromatic rings. The van der Waals surface area contributed by atoms with Gasteiger partial charge in [0.25, 0.3) is 0 Å². The van der Waals surface area contributed by atoms with Crippen LogP contribution in [0.3, 0.4) is 0 Å². The smallest absolute Gasteiger partial charge is 0.316 e. The van der Waals surface area contributed by atoms with Crippen molar-refractivity contribution in [2.45, 2.75) is 32.1 Å². The molecular formula is C12H18N2O2S. The molecule has 5 heteroatoms. The quantitative estimate of drug-likeness (QED) is 0.835. The summed E-state index contributed by atoms with van der Waals surface area (Å²) >= 11 is 1.47. The largest absolute Gasteiger partial charge is 0.459 e. The molecule has 0 saturated heterocycles. The number of ether oxygens (including phenoxy) is 1. The maximum atomic E-state index is 11.4. The predicted octanol–water partition coefficient (Wildman–Crippen LogP) is 2.24. The second-order valence-electron chi connectivity index (χ2n) is 4.66. The Labute approximate surface area is 106 Å². The van der Waals surface area contributed by atoms with Crippen LogP contribution in [0.5, 0.6) is 0 Å². The molecule has 0 atom stereocenters. The summed E-state index contributed by atoms with van der Waals surface area (Å²) in [6, 6.07) is 3.55. The van der Waals surface area contributed by atoms with E-state index in [4.69, 9.17) is 10.5 Å². The average Bonchev–Trinajstić information content (AvgIpc) is 2.14. The zero-order valence-electron chi connectivity index (χ0n) is 10.4. The summed E-state index contributed by atoms with van der Waals surface area (Å²) in [5.74, 6) is 0.782. The van der Waals surface area contributed by atoms with Crippen LogP contribution in [0.2, 0.25) is 0 Å². The molecule has 0 bridgehead atoms. The van der Waals surface area contributed by atoms with Gasteiger partial charge in [0.1, 0.15) is 5.60 Å². The lowest BCUT2D eigenvalue weighted by Crippen LogP contribution is -2.24. The highest BCUT2D eigenvalue weighted by Crippen LogP contribution is 2.14. The van der Waals surface area contributed by atoms with Gasteiger partial charge >= 0.3 is 5.97 Å². The molecule has 17 heavy (non-hydrogen) atoms. The van der Waals surface area contributed by atoms with E-state index in [0.29, 0.717) is 17.2 Å². The van der Waals surface area contributed by atoms with Crippen LogP contribution in [0.1, 0.15) is 26.5 Å². The minimum Gasteiger partial charge on any atom is -0.459 e. The Morgan fingerprint density at radius 3 is 2.82 bits per heavy atom. The molecule has 0 aliphatic carbocycles. The fraction of sp³-hybridized carbons (Fsp3) is 0.500. The number of thioether (sulfide) groups is 1. The molecule has 1 aromatic heterocycles. The number of nitrogen functional groups attached to an aromatic ring is 1. The van der Waals surface area contributed by atoms with Crippen molar-refractivity contribution in [3.8, 4) is 0 Å².